The molecule has 4 nitrogen and oxygen atoms in total. The predicted octanol–water partition coefficient (Wildman–Crippen LogP) is 2.24. The van der Waals surface area contributed by atoms with E-state index in [-0.39, 0.29) is 12.3 Å². The van der Waals surface area contributed by atoms with Gasteiger partial charge in [-0.3, -0.25) is 0 Å². The maximum absolute atomic E-state index is 13.9. The molecule has 1 heterocycles. The Bertz CT molecular complexity index is 626. The molecule has 0 aliphatic rings. The van der Waals surface area contributed by atoms with Crippen LogP contribution in [0.2, 0.25) is 0 Å². The third-order valence-corrected chi connectivity index (χ3v) is 3.39. The van der Waals surface area contributed by atoms with Crippen LogP contribution in [0, 0.1) is 25.5 Å². The smallest absolute Gasteiger partial charge is 0.151 e. The van der Waals surface area contributed by atoms with Gasteiger partial charge in [-0.15, -0.1) is 0 Å². The Hall–Kier alpha value is -1.79. The van der Waals surface area contributed by atoms with Crippen LogP contribution in [-0.4, -0.2) is 28.0 Å². The molecule has 0 radical (unpaired) electrons. The lowest BCUT2D eigenvalue weighted by molar-refractivity contribution is 0.286. The van der Waals surface area contributed by atoms with Gasteiger partial charge < -0.3 is 10.4 Å². The van der Waals surface area contributed by atoms with Gasteiger partial charge in [-0.1, -0.05) is 0 Å². The van der Waals surface area contributed by atoms with Crippen molar-refractivity contribution in [1.82, 2.24) is 15.1 Å². The molecule has 0 fully saturated rings. The van der Waals surface area contributed by atoms with Gasteiger partial charge in [0.2, 0.25) is 0 Å². The molecule has 0 atom stereocenters. The highest BCUT2D eigenvalue weighted by atomic mass is 19.1. The van der Waals surface area contributed by atoms with E-state index in [1.807, 2.05) is 13.8 Å². The zero-order chi connectivity index (χ0) is 15.4. The van der Waals surface area contributed by atoms with Crippen molar-refractivity contribution < 1.29 is 13.9 Å². The van der Waals surface area contributed by atoms with Gasteiger partial charge in [-0.2, -0.15) is 5.10 Å². The molecule has 1 aromatic heterocycles. The minimum Gasteiger partial charge on any atom is -0.396 e. The summed E-state index contributed by atoms with van der Waals surface area (Å²) in [6.45, 7) is 5.15. The number of hydrogen-bond donors (Lipinski definition) is 2. The first-order valence-electron chi connectivity index (χ1n) is 6.86. The summed E-state index contributed by atoms with van der Waals surface area (Å²) in [7, 11) is 0. The molecule has 0 spiro atoms. The second kappa shape index (κ2) is 6.78. The predicted molar refractivity (Wildman–Crippen MR) is 76.4 cm³/mol. The minimum atomic E-state index is -0.639. The lowest BCUT2D eigenvalue weighted by atomic mass is 10.2. The van der Waals surface area contributed by atoms with E-state index in [0.29, 0.717) is 19.5 Å². The summed E-state index contributed by atoms with van der Waals surface area (Å²) in [5.74, 6) is -1.25. The van der Waals surface area contributed by atoms with Crippen LogP contribution >= 0.6 is 0 Å². The zero-order valence-electron chi connectivity index (χ0n) is 12.2. The Labute approximate surface area is 122 Å². The molecule has 0 unspecified atom stereocenters. The maximum atomic E-state index is 13.9. The fourth-order valence-electron chi connectivity index (χ4n) is 2.24. The molecule has 2 aromatic rings. The minimum absolute atomic E-state index is 0.144. The molecular weight excluding hydrogens is 276 g/mol. The van der Waals surface area contributed by atoms with Gasteiger partial charge in [0.1, 0.15) is 11.5 Å². The molecule has 0 saturated heterocycles. The number of hydrogen-bond acceptors (Lipinski definition) is 3. The molecule has 2 N–H and O–H groups in total. The summed E-state index contributed by atoms with van der Waals surface area (Å²) < 4.78 is 28.3. The number of aliphatic hydroxyl groups is 1. The normalized spacial score (nSPS) is 11.1. The van der Waals surface area contributed by atoms with Crippen LogP contribution in [0.1, 0.15) is 23.4 Å². The maximum Gasteiger partial charge on any atom is 0.151 e. The number of nitrogens with one attached hydrogen (secondary N) is 1. The SMILES string of the molecule is Cc1nn(-c2ccc(F)cc2F)c(C)c1CNCCCO. The lowest BCUT2D eigenvalue weighted by Crippen LogP contribution is -2.16. The summed E-state index contributed by atoms with van der Waals surface area (Å²) in [6, 6.07) is 3.45. The van der Waals surface area contributed by atoms with Gasteiger partial charge in [-0.05, 0) is 38.9 Å². The molecule has 21 heavy (non-hydrogen) atoms. The molecule has 0 aliphatic carbocycles. The van der Waals surface area contributed by atoms with Crippen LogP contribution in [0.15, 0.2) is 18.2 Å². The number of benzene rings is 1. The second-order valence-electron chi connectivity index (χ2n) is 4.91. The van der Waals surface area contributed by atoms with Crippen LogP contribution < -0.4 is 5.32 Å². The van der Waals surface area contributed by atoms with Gasteiger partial charge in [0.05, 0.1) is 5.69 Å². The summed E-state index contributed by atoms with van der Waals surface area (Å²) in [4.78, 5) is 0. The number of halogens is 2. The molecule has 6 heteroatoms. The van der Waals surface area contributed by atoms with Crippen molar-refractivity contribution >= 4 is 0 Å². The Morgan fingerprint density at radius 2 is 2.05 bits per heavy atom. The average Bonchev–Trinajstić information content (AvgIpc) is 2.71. The summed E-state index contributed by atoms with van der Waals surface area (Å²) in [5.41, 5.74) is 2.83. The number of nitrogens with zero attached hydrogens (tertiary/aromatic N) is 2. The van der Waals surface area contributed by atoms with Gasteiger partial charge in [-0.25, -0.2) is 13.5 Å². The Morgan fingerprint density at radius 3 is 2.71 bits per heavy atom. The monoisotopic (exact) mass is 295 g/mol. The summed E-state index contributed by atoms with van der Waals surface area (Å²) in [6.07, 6.45) is 0.679. The van der Waals surface area contributed by atoms with Crippen molar-refractivity contribution in [3.8, 4) is 5.69 Å². The number of aliphatic hydroxyl groups excluding tert-OH is 1. The molecule has 2 rings (SSSR count). The first kappa shape index (κ1) is 15.6. The average molecular weight is 295 g/mol. The fourth-order valence-corrected chi connectivity index (χ4v) is 2.24. The number of aryl methyl sites for hydroxylation is 1. The standard InChI is InChI=1S/C15H19F2N3O/c1-10-13(9-18-6-3-7-21)11(2)20(19-10)15-5-4-12(16)8-14(15)17/h4-5,8,18,21H,3,6-7,9H2,1-2H3. The van der Waals surface area contributed by atoms with Crippen molar-refractivity contribution in [2.24, 2.45) is 0 Å². The molecule has 0 aliphatic heterocycles. The highest BCUT2D eigenvalue weighted by molar-refractivity contribution is 5.38. The van der Waals surface area contributed by atoms with Crippen LogP contribution in [0.3, 0.4) is 0 Å². The third kappa shape index (κ3) is 3.46. The van der Waals surface area contributed by atoms with Crippen LogP contribution in [-0.2, 0) is 6.54 Å². The van der Waals surface area contributed by atoms with Crippen LogP contribution in [0.4, 0.5) is 8.78 Å². The summed E-state index contributed by atoms with van der Waals surface area (Å²) in [5, 5.41) is 16.3. The van der Waals surface area contributed by atoms with Crippen molar-refractivity contribution in [1.29, 1.82) is 0 Å². The van der Waals surface area contributed by atoms with E-state index in [2.05, 4.69) is 10.4 Å². The lowest BCUT2D eigenvalue weighted by Gasteiger charge is -2.07. The molecule has 0 saturated carbocycles. The van der Waals surface area contributed by atoms with Crippen LogP contribution in [0.25, 0.3) is 5.69 Å². The topological polar surface area (TPSA) is 50.1 Å². The van der Waals surface area contributed by atoms with E-state index < -0.39 is 11.6 Å². The highest BCUT2D eigenvalue weighted by Gasteiger charge is 2.15. The van der Waals surface area contributed by atoms with Gasteiger partial charge in [0.15, 0.2) is 5.82 Å². The van der Waals surface area contributed by atoms with E-state index in [0.717, 1.165) is 23.0 Å². The largest absolute Gasteiger partial charge is 0.396 e. The Kier molecular flexibility index (Phi) is 5.03. The van der Waals surface area contributed by atoms with Crippen molar-refractivity contribution in [3.63, 3.8) is 0 Å². The Balaban J connectivity index is 2.26. The summed E-state index contributed by atoms with van der Waals surface area (Å²) >= 11 is 0. The first-order chi connectivity index (χ1) is 10.0. The van der Waals surface area contributed by atoms with Gasteiger partial charge in [0, 0.05) is 30.5 Å². The van der Waals surface area contributed by atoms with Crippen molar-refractivity contribution in [3.05, 3.63) is 46.8 Å². The van der Waals surface area contributed by atoms with E-state index in [1.54, 1.807) is 0 Å². The first-order valence-corrected chi connectivity index (χ1v) is 6.86. The van der Waals surface area contributed by atoms with E-state index >= 15 is 0 Å². The Morgan fingerprint density at radius 1 is 1.29 bits per heavy atom. The number of rotatable bonds is 6. The molecule has 1 aromatic carbocycles. The van der Waals surface area contributed by atoms with E-state index in [4.69, 9.17) is 5.11 Å². The number of aromatic nitrogens is 2. The zero-order valence-corrected chi connectivity index (χ0v) is 12.2. The highest BCUT2D eigenvalue weighted by Crippen LogP contribution is 2.20. The quantitative estimate of drug-likeness (QED) is 0.804. The third-order valence-electron chi connectivity index (χ3n) is 3.39. The second-order valence-corrected chi connectivity index (χ2v) is 4.91. The molecule has 114 valence electrons. The molecule has 0 amide bonds. The van der Waals surface area contributed by atoms with E-state index in [1.165, 1.54) is 16.8 Å². The van der Waals surface area contributed by atoms with E-state index in [9.17, 15) is 8.78 Å². The van der Waals surface area contributed by atoms with Gasteiger partial charge >= 0.3 is 0 Å². The van der Waals surface area contributed by atoms with Crippen molar-refractivity contribution in [2.75, 3.05) is 13.2 Å². The molecular formula is C15H19F2N3O. The van der Waals surface area contributed by atoms with Crippen molar-refractivity contribution in [2.45, 2.75) is 26.8 Å². The van der Waals surface area contributed by atoms with Crippen LogP contribution in [0.5, 0.6) is 0 Å². The molecule has 0 bridgehead atoms. The van der Waals surface area contributed by atoms with Gasteiger partial charge in [0.25, 0.3) is 0 Å². The fraction of sp³-hybridized carbons (Fsp3) is 0.400.